The molecule has 0 saturated heterocycles. The second-order valence-electron chi connectivity index (χ2n) is 4.68. The standard InChI is InChI=1S/C12H18N2O/c1-12(2,9-6-7-9)14-11-10(15-3)5-4-8-13-11/h4-5,8-9H,6-7H2,1-3H3,(H,13,14). The number of methoxy groups -OCH3 is 1. The molecule has 0 amide bonds. The summed E-state index contributed by atoms with van der Waals surface area (Å²) in [4.78, 5) is 4.31. The zero-order valence-corrected chi connectivity index (χ0v) is 9.58. The summed E-state index contributed by atoms with van der Waals surface area (Å²) < 4.78 is 5.27. The molecule has 0 spiro atoms. The van der Waals surface area contributed by atoms with Crippen molar-refractivity contribution in [3.8, 4) is 5.75 Å². The van der Waals surface area contributed by atoms with Gasteiger partial charge < -0.3 is 10.1 Å². The zero-order valence-electron chi connectivity index (χ0n) is 9.58. The Balaban J connectivity index is 2.15. The van der Waals surface area contributed by atoms with Gasteiger partial charge in [0.2, 0.25) is 0 Å². The molecule has 2 rings (SSSR count). The fourth-order valence-corrected chi connectivity index (χ4v) is 1.86. The molecule has 0 atom stereocenters. The Hall–Kier alpha value is -1.25. The van der Waals surface area contributed by atoms with Crippen LogP contribution in [0.2, 0.25) is 0 Å². The Morgan fingerprint density at radius 2 is 2.20 bits per heavy atom. The molecule has 3 heteroatoms. The van der Waals surface area contributed by atoms with E-state index in [1.54, 1.807) is 13.3 Å². The Labute approximate surface area is 90.9 Å². The predicted octanol–water partition coefficient (Wildman–Crippen LogP) is 2.69. The SMILES string of the molecule is COc1cccnc1NC(C)(C)C1CC1. The van der Waals surface area contributed by atoms with Crippen molar-refractivity contribution in [2.75, 3.05) is 12.4 Å². The van der Waals surface area contributed by atoms with Crippen molar-refractivity contribution >= 4 is 5.82 Å². The molecule has 15 heavy (non-hydrogen) atoms. The van der Waals surface area contributed by atoms with Gasteiger partial charge in [-0.1, -0.05) is 0 Å². The fourth-order valence-electron chi connectivity index (χ4n) is 1.86. The summed E-state index contributed by atoms with van der Waals surface area (Å²) in [6.07, 6.45) is 4.41. The molecule has 3 nitrogen and oxygen atoms in total. The number of pyridine rings is 1. The summed E-state index contributed by atoms with van der Waals surface area (Å²) in [5, 5.41) is 3.46. The summed E-state index contributed by atoms with van der Waals surface area (Å²) in [6, 6.07) is 3.81. The average molecular weight is 206 g/mol. The van der Waals surface area contributed by atoms with Crippen molar-refractivity contribution in [2.24, 2.45) is 5.92 Å². The van der Waals surface area contributed by atoms with E-state index in [4.69, 9.17) is 4.74 Å². The van der Waals surface area contributed by atoms with Crippen LogP contribution in [-0.2, 0) is 0 Å². The molecule has 0 aromatic carbocycles. The molecule has 82 valence electrons. The zero-order chi connectivity index (χ0) is 10.9. The lowest BCUT2D eigenvalue weighted by atomic mass is 9.99. The minimum atomic E-state index is 0.113. The monoisotopic (exact) mass is 206 g/mol. The van der Waals surface area contributed by atoms with Crippen LogP contribution in [0.25, 0.3) is 0 Å². The van der Waals surface area contributed by atoms with Crippen LogP contribution < -0.4 is 10.1 Å². The quantitative estimate of drug-likeness (QED) is 0.822. The van der Waals surface area contributed by atoms with Crippen molar-refractivity contribution in [3.05, 3.63) is 18.3 Å². The number of nitrogens with one attached hydrogen (secondary N) is 1. The van der Waals surface area contributed by atoms with Gasteiger partial charge in [-0.2, -0.15) is 0 Å². The molecule has 0 unspecified atom stereocenters. The van der Waals surface area contributed by atoms with E-state index in [0.717, 1.165) is 17.5 Å². The van der Waals surface area contributed by atoms with Crippen LogP contribution in [0, 0.1) is 5.92 Å². The second-order valence-corrected chi connectivity index (χ2v) is 4.68. The van der Waals surface area contributed by atoms with Crippen molar-refractivity contribution in [1.82, 2.24) is 4.98 Å². The normalized spacial score (nSPS) is 16.2. The highest BCUT2D eigenvalue weighted by Gasteiger charge is 2.38. The maximum absolute atomic E-state index is 5.27. The lowest BCUT2D eigenvalue weighted by molar-refractivity contribution is 0.410. The number of nitrogens with zero attached hydrogens (tertiary/aromatic N) is 1. The highest BCUT2D eigenvalue weighted by molar-refractivity contribution is 5.51. The van der Waals surface area contributed by atoms with Gasteiger partial charge in [-0.25, -0.2) is 4.98 Å². The summed E-state index contributed by atoms with van der Waals surface area (Å²) in [5.74, 6) is 2.42. The van der Waals surface area contributed by atoms with E-state index in [2.05, 4.69) is 24.1 Å². The highest BCUT2D eigenvalue weighted by atomic mass is 16.5. The lowest BCUT2D eigenvalue weighted by Crippen LogP contribution is -2.33. The maximum Gasteiger partial charge on any atom is 0.169 e. The Kier molecular flexibility index (Phi) is 2.55. The minimum absolute atomic E-state index is 0.113. The van der Waals surface area contributed by atoms with E-state index in [0.29, 0.717) is 0 Å². The molecule has 1 saturated carbocycles. The van der Waals surface area contributed by atoms with Crippen LogP contribution in [0.5, 0.6) is 5.75 Å². The van der Waals surface area contributed by atoms with Gasteiger partial charge in [-0.3, -0.25) is 0 Å². The molecular formula is C12H18N2O. The van der Waals surface area contributed by atoms with Crippen molar-refractivity contribution in [2.45, 2.75) is 32.2 Å². The number of hydrogen-bond acceptors (Lipinski definition) is 3. The second kappa shape index (κ2) is 3.72. The van der Waals surface area contributed by atoms with E-state index < -0.39 is 0 Å². The molecule has 1 aromatic heterocycles. The Morgan fingerprint density at radius 3 is 2.80 bits per heavy atom. The van der Waals surface area contributed by atoms with Crippen molar-refractivity contribution in [3.63, 3.8) is 0 Å². The molecule has 1 aliphatic rings. The molecule has 0 radical (unpaired) electrons. The topological polar surface area (TPSA) is 34.1 Å². The van der Waals surface area contributed by atoms with Gasteiger partial charge in [0.05, 0.1) is 7.11 Å². The third-order valence-corrected chi connectivity index (χ3v) is 3.03. The molecule has 0 aliphatic heterocycles. The molecule has 0 bridgehead atoms. The van der Waals surface area contributed by atoms with E-state index in [1.807, 2.05) is 12.1 Å². The molecule has 1 aromatic rings. The van der Waals surface area contributed by atoms with Crippen LogP contribution in [0.1, 0.15) is 26.7 Å². The molecule has 1 aliphatic carbocycles. The van der Waals surface area contributed by atoms with Gasteiger partial charge >= 0.3 is 0 Å². The van der Waals surface area contributed by atoms with E-state index in [9.17, 15) is 0 Å². The molecule has 1 fully saturated rings. The van der Waals surface area contributed by atoms with Crippen LogP contribution in [0.4, 0.5) is 5.82 Å². The number of ether oxygens (including phenoxy) is 1. The summed E-state index contributed by atoms with van der Waals surface area (Å²) >= 11 is 0. The van der Waals surface area contributed by atoms with Crippen LogP contribution in [0.15, 0.2) is 18.3 Å². The number of hydrogen-bond donors (Lipinski definition) is 1. The van der Waals surface area contributed by atoms with Gasteiger partial charge in [0.15, 0.2) is 11.6 Å². The van der Waals surface area contributed by atoms with E-state index in [-0.39, 0.29) is 5.54 Å². The fraction of sp³-hybridized carbons (Fsp3) is 0.583. The molecular weight excluding hydrogens is 188 g/mol. The molecule has 1 N–H and O–H groups in total. The molecule has 1 heterocycles. The number of rotatable bonds is 4. The number of anilines is 1. The highest BCUT2D eigenvalue weighted by Crippen LogP contribution is 2.41. The van der Waals surface area contributed by atoms with E-state index in [1.165, 1.54) is 12.8 Å². The average Bonchev–Trinajstić information content (AvgIpc) is 3.01. The lowest BCUT2D eigenvalue weighted by Gasteiger charge is -2.27. The third kappa shape index (κ3) is 2.22. The van der Waals surface area contributed by atoms with Crippen LogP contribution in [0.3, 0.4) is 0 Å². The number of aromatic nitrogens is 1. The summed E-state index contributed by atoms with van der Waals surface area (Å²) in [5.41, 5.74) is 0.113. The first-order valence-corrected chi connectivity index (χ1v) is 5.40. The van der Waals surface area contributed by atoms with Gasteiger partial charge in [0.1, 0.15) is 0 Å². The Morgan fingerprint density at radius 1 is 1.47 bits per heavy atom. The summed E-state index contributed by atoms with van der Waals surface area (Å²) in [7, 11) is 1.67. The minimum Gasteiger partial charge on any atom is -0.493 e. The first-order valence-electron chi connectivity index (χ1n) is 5.40. The van der Waals surface area contributed by atoms with Gasteiger partial charge in [-0.15, -0.1) is 0 Å². The third-order valence-electron chi connectivity index (χ3n) is 3.03. The van der Waals surface area contributed by atoms with Crippen LogP contribution >= 0.6 is 0 Å². The summed E-state index contributed by atoms with van der Waals surface area (Å²) in [6.45, 7) is 4.44. The van der Waals surface area contributed by atoms with Gasteiger partial charge in [-0.05, 0) is 44.7 Å². The van der Waals surface area contributed by atoms with Crippen LogP contribution in [-0.4, -0.2) is 17.6 Å². The maximum atomic E-state index is 5.27. The van der Waals surface area contributed by atoms with E-state index >= 15 is 0 Å². The van der Waals surface area contributed by atoms with Crippen molar-refractivity contribution in [1.29, 1.82) is 0 Å². The first-order chi connectivity index (χ1) is 7.13. The Bertz CT molecular complexity index is 345. The van der Waals surface area contributed by atoms with Gasteiger partial charge in [0, 0.05) is 11.7 Å². The van der Waals surface area contributed by atoms with Gasteiger partial charge in [0.25, 0.3) is 0 Å². The van der Waals surface area contributed by atoms with Crippen molar-refractivity contribution < 1.29 is 4.74 Å². The predicted molar refractivity (Wildman–Crippen MR) is 61.2 cm³/mol. The first kappa shape index (κ1) is 10.3. The largest absolute Gasteiger partial charge is 0.493 e. The smallest absolute Gasteiger partial charge is 0.169 e.